The number of nitrogens with one attached hydrogen (secondary N) is 1. The molecule has 2 atom stereocenters. The molecule has 0 radical (unpaired) electrons. The zero-order chi connectivity index (χ0) is 16.8. The molecule has 1 aliphatic rings. The Balaban J connectivity index is 1.48. The van der Waals surface area contributed by atoms with Gasteiger partial charge in [0.2, 0.25) is 0 Å². The second-order valence-electron chi connectivity index (χ2n) is 6.37. The summed E-state index contributed by atoms with van der Waals surface area (Å²) >= 11 is 0. The van der Waals surface area contributed by atoms with Gasteiger partial charge in [-0.3, -0.25) is 0 Å². The first-order valence-electron chi connectivity index (χ1n) is 8.49. The van der Waals surface area contributed by atoms with E-state index >= 15 is 0 Å². The summed E-state index contributed by atoms with van der Waals surface area (Å²) in [7, 11) is 0. The molecule has 4 heteroatoms. The largest absolute Gasteiger partial charge is 0.445 e. The van der Waals surface area contributed by atoms with E-state index < -0.39 is 0 Å². The van der Waals surface area contributed by atoms with Gasteiger partial charge in [0.05, 0.1) is 0 Å². The van der Waals surface area contributed by atoms with Crippen molar-refractivity contribution in [2.45, 2.75) is 26.0 Å². The van der Waals surface area contributed by atoms with Crippen LogP contribution in [0.15, 0.2) is 60.7 Å². The smallest absolute Gasteiger partial charge is 0.410 e. The number of carbonyl (C=O) groups is 1. The minimum Gasteiger partial charge on any atom is -0.445 e. The van der Waals surface area contributed by atoms with Gasteiger partial charge in [0.15, 0.2) is 0 Å². The third-order valence-electron chi connectivity index (χ3n) is 4.49. The standard InChI is InChI=1S/C20H24N2O2/c1-16-14-22(20(23)24-15-17-8-4-2-5-9-17)13-12-19(16)21-18-10-6-3-7-11-18/h2-11,16,19,21H,12-15H2,1H3/t16-,19-/m0/s1. The molecule has 0 aromatic heterocycles. The fraction of sp³-hybridized carbons (Fsp3) is 0.350. The lowest BCUT2D eigenvalue weighted by Gasteiger charge is -2.37. The minimum absolute atomic E-state index is 0.219. The van der Waals surface area contributed by atoms with E-state index in [4.69, 9.17) is 4.74 Å². The van der Waals surface area contributed by atoms with Crippen molar-refractivity contribution in [1.82, 2.24) is 4.90 Å². The predicted octanol–water partition coefficient (Wildman–Crippen LogP) is 4.15. The Morgan fingerprint density at radius 3 is 2.46 bits per heavy atom. The number of amides is 1. The summed E-state index contributed by atoms with van der Waals surface area (Å²) in [6, 6.07) is 20.4. The van der Waals surface area contributed by atoms with Gasteiger partial charge in [0.25, 0.3) is 0 Å². The lowest BCUT2D eigenvalue weighted by Crippen LogP contribution is -2.47. The normalized spacial score (nSPS) is 20.5. The molecule has 1 heterocycles. The van der Waals surface area contributed by atoms with E-state index in [2.05, 4.69) is 24.4 Å². The van der Waals surface area contributed by atoms with Crippen LogP contribution in [-0.4, -0.2) is 30.1 Å². The number of benzene rings is 2. The molecule has 0 spiro atoms. The highest BCUT2D eigenvalue weighted by Crippen LogP contribution is 2.22. The molecule has 1 N–H and O–H groups in total. The topological polar surface area (TPSA) is 41.6 Å². The zero-order valence-corrected chi connectivity index (χ0v) is 14.0. The highest BCUT2D eigenvalue weighted by molar-refractivity contribution is 5.67. The van der Waals surface area contributed by atoms with Crippen molar-refractivity contribution in [3.63, 3.8) is 0 Å². The van der Waals surface area contributed by atoms with Gasteiger partial charge in [0.1, 0.15) is 6.61 Å². The number of likely N-dealkylation sites (tertiary alicyclic amines) is 1. The maximum atomic E-state index is 12.3. The van der Waals surface area contributed by atoms with Gasteiger partial charge in [-0.25, -0.2) is 4.79 Å². The molecule has 3 rings (SSSR count). The van der Waals surface area contributed by atoms with Crippen LogP contribution in [0.4, 0.5) is 10.5 Å². The van der Waals surface area contributed by atoms with Gasteiger partial charge in [-0.05, 0) is 30.0 Å². The van der Waals surface area contributed by atoms with Gasteiger partial charge < -0.3 is 15.0 Å². The van der Waals surface area contributed by atoms with Crippen molar-refractivity contribution in [3.05, 3.63) is 66.2 Å². The second kappa shape index (κ2) is 7.86. The molecule has 126 valence electrons. The van der Waals surface area contributed by atoms with Gasteiger partial charge in [-0.1, -0.05) is 55.5 Å². The third-order valence-corrected chi connectivity index (χ3v) is 4.49. The zero-order valence-electron chi connectivity index (χ0n) is 14.0. The van der Waals surface area contributed by atoms with E-state index in [1.165, 1.54) is 0 Å². The number of hydrogen-bond acceptors (Lipinski definition) is 3. The number of ether oxygens (including phenoxy) is 1. The monoisotopic (exact) mass is 324 g/mol. The van der Waals surface area contributed by atoms with E-state index in [9.17, 15) is 4.79 Å². The van der Waals surface area contributed by atoms with Gasteiger partial charge in [-0.15, -0.1) is 0 Å². The van der Waals surface area contributed by atoms with Crippen LogP contribution in [0, 0.1) is 5.92 Å². The molecule has 2 aromatic rings. The Labute approximate surface area is 143 Å². The average molecular weight is 324 g/mol. The van der Waals surface area contributed by atoms with Crippen molar-refractivity contribution in [2.24, 2.45) is 5.92 Å². The SMILES string of the molecule is C[C@H]1CN(C(=O)OCc2ccccc2)CC[C@@H]1Nc1ccccc1. The van der Waals surface area contributed by atoms with Crippen LogP contribution in [0.2, 0.25) is 0 Å². The molecule has 0 saturated carbocycles. The molecular formula is C20H24N2O2. The molecule has 1 amide bonds. The van der Waals surface area contributed by atoms with Crippen molar-refractivity contribution < 1.29 is 9.53 Å². The number of nitrogens with zero attached hydrogens (tertiary/aromatic N) is 1. The first-order valence-corrected chi connectivity index (χ1v) is 8.49. The fourth-order valence-corrected chi connectivity index (χ4v) is 3.08. The Kier molecular flexibility index (Phi) is 5.36. The molecule has 2 aromatic carbocycles. The van der Waals surface area contributed by atoms with E-state index in [1.807, 2.05) is 53.4 Å². The number of para-hydroxylation sites is 1. The van der Waals surface area contributed by atoms with Crippen LogP contribution in [-0.2, 0) is 11.3 Å². The Morgan fingerprint density at radius 1 is 1.12 bits per heavy atom. The molecule has 24 heavy (non-hydrogen) atoms. The molecule has 0 bridgehead atoms. The van der Waals surface area contributed by atoms with Crippen LogP contribution in [0.1, 0.15) is 18.9 Å². The molecule has 1 aliphatic heterocycles. The first-order chi connectivity index (χ1) is 11.7. The number of hydrogen-bond donors (Lipinski definition) is 1. The van der Waals surface area contributed by atoms with Gasteiger partial charge in [0, 0.05) is 24.8 Å². The third kappa shape index (κ3) is 4.28. The average Bonchev–Trinajstić information content (AvgIpc) is 2.63. The van der Waals surface area contributed by atoms with Gasteiger partial charge >= 0.3 is 6.09 Å². The van der Waals surface area contributed by atoms with Crippen molar-refractivity contribution >= 4 is 11.8 Å². The predicted molar refractivity (Wildman–Crippen MR) is 95.8 cm³/mol. The summed E-state index contributed by atoms with van der Waals surface area (Å²) in [6.45, 7) is 3.95. The Bertz CT molecular complexity index is 645. The number of piperidine rings is 1. The maximum Gasteiger partial charge on any atom is 0.410 e. The quantitative estimate of drug-likeness (QED) is 0.919. The molecular weight excluding hydrogens is 300 g/mol. The lowest BCUT2D eigenvalue weighted by atomic mass is 9.94. The lowest BCUT2D eigenvalue weighted by molar-refractivity contribution is 0.0787. The summed E-state index contributed by atoms with van der Waals surface area (Å²) in [6.07, 6.45) is 0.708. The minimum atomic E-state index is -0.219. The molecule has 1 fully saturated rings. The van der Waals surface area contributed by atoms with E-state index in [0.717, 1.165) is 30.8 Å². The number of carbonyl (C=O) groups excluding carboxylic acids is 1. The Morgan fingerprint density at radius 2 is 1.79 bits per heavy atom. The molecule has 4 nitrogen and oxygen atoms in total. The van der Waals surface area contributed by atoms with Gasteiger partial charge in [-0.2, -0.15) is 0 Å². The Hall–Kier alpha value is -2.49. The van der Waals surface area contributed by atoms with E-state index in [1.54, 1.807) is 0 Å². The summed E-state index contributed by atoms with van der Waals surface area (Å²) in [5, 5.41) is 3.57. The summed E-state index contributed by atoms with van der Waals surface area (Å²) in [4.78, 5) is 14.1. The first kappa shape index (κ1) is 16.4. The van der Waals surface area contributed by atoms with Crippen LogP contribution in [0.3, 0.4) is 0 Å². The fourth-order valence-electron chi connectivity index (χ4n) is 3.08. The number of anilines is 1. The van der Waals surface area contributed by atoms with Crippen LogP contribution < -0.4 is 5.32 Å². The van der Waals surface area contributed by atoms with Crippen molar-refractivity contribution in [3.8, 4) is 0 Å². The highest BCUT2D eigenvalue weighted by Gasteiger charge is 2.29. The maximum absolute atomic E-state index is 12.3. The summed E-state index contributed by atoms with van der Waals surface area (Å²) in [5.41, 5.74) is 2.15. The van der Waals surface area contributed by atoms with Crippen LogP contribution >= 0.6 is 0 Å². The molecule has 1 saturated heterocycles. The van der Waals surface area contributed by atoms with E-state index in [0.29, 0.717) is 18.6 Å². The van der Waals surface area contributed by atoms with E-state index in [-0.39, 0.29) is 6.09 Å². The highest BCUT2D eigenvalue weighted by atomic mass is 16.6. The molecule has 0 aliphatic carbocycles. The van der Waals surface area contributed by atoms with Crippen molar-refractivity contribution in [1.29, 1.82) is 0 Å². The van der Waals surface area contributed by atoms with Crippen molar-refractivity contribution in [2.75, 3.05) is 18.4 Å². The summed E-state index contributed by atoms with van der Waals surface area (Å²) in [5.74, 6) is 0.378. The second-order valence-corrected chi connectivity index (χ2v) is 6.37. The van der Waals surface area contributed by atoms with Crippen LogP contribution in [0.5, 0.6) is 0 Å². The summed E-state index contributed by atoms with van der Waals surface area (Å²) < 4.78 is 5.44. The number of rotatable bonds is 4. The van der Waals surface area contributed by atoms with Crippen LogP contribution in [0.25, 0.3) is 0 Å². The molecule has 0 unspecified atom stereocenters.